The molecule has 0 aromatic heterocycles. The molecule has 1 fully saturated rings. The largest absolute Gasteiger partial charge is 0.271 e. The van der Waals surface area contributed by atoms with Crippen LogP contribution >= 0.6 is 0 Å². The summed E-state index contributed by atoms with van der Waals surface area (Å²) in [5.74, 6) is 7.38. The number of nitrogens with one attached hydrogen (secondary N) is 1. The van der Waals surface area contributed by atoms with E-state index >= 15 is 0 Å². The Morgan fingerprint density at radius 1 is 1.42 bits per heavy atom. The molecule has 2 heteroatoms. The zero-order valence-corrected chi connectivity index (χ0v) is 8.34. The summed E-state index contributed by atoms with van der Waals surface area (Å²) in [5.41, 5.74) is 2.87. The Hall–Kier alpha value is -0.0800. The Kier molecular flexibility index (Phi) is 4.02. The lowest BCUT2D eigenvalue weighted by Gasteiger charge is -2.16. The van der Waals surface area contributed by atoms with Gasteiger partial charge in [-0.3, -0.25) is 11.3 Å². The average Bonchev–Trinajstić information content (AvgIpc) is 2.88. The van der Waals surface area contributed by atoms with Gasteiger partial charge in [0.25, 0.3) is 0 Å². The summed E-state index contributed by atoms with van der Waals surface area (Å²) in [6.07, 6.45) is 6.66. The molecule has 0 radical (unpaired) electrons. The van der Waals surface area contributed by atoms with E-state index in [0.29, 0.717) is 6.04 Å². The van der Waals surface area contributed by atoms with E-state index in [4.69, 9.17) is 5.84 Å². The first-order valence-electron chi connectivity index (χ1n) is 5.24. The molecule has 1 saturated carbocycles. The predicted molar refractivity (Wildman–Crippen MR) is 52.5 cm³/mol. The van der Waals surface area contributed by atoms with Gasteiger partial charge < -0.3 is 0 Å². The molecule has 0 amide bonds. The summed E-state index contributed by atoms with van der Waals surface area (Å²) >= 11 is 0. The maximum absolute atomic E-state index is 5.41. The van der Waals surface area contributed by atoms with Crippen molar-refractivity contribution in [1.29, 1.82) is 0 Å². The first kappa shape index (κ1) is 10.0. The van der Waals surface area contributed by atoms with Crippen molar-refractivity contribution in [3.63, 3.8) is 0 Å². The lowest BCUT2D eigenvalue weighted by Crippen LogP contribution is -2.34. The highest BCUT2D eigenvalue weighted by Gasteiger charge is 2.27. The fraction of sp³-hybridized carbons (Fsp3) is 1.00. The number of rotatable bonds is 6. The van der Waals surface area contributed by atoms with Crippen LogP contribution in [0.15, 0.2) is 0 Å². The fourth-order valence-electron chi connectivity index (χ4n) is 1.77. The average molecular weight is 170 g/mol. The molecule has 3 N–H and O–H groups in total. The van der Waals surface area contributed by atoms with Crippen LogP contribution in [-0.4, -0.2) is 6.04 Å². The normalized spacial score (nSPS) is 22.2. The van der Waals surface area contributed by atoms with E-state index in [0.717, 1.165) is 18.3 Å². The summed E-state index contributed by atoms with van der Waals surface area (Å²) in [5, 5.41) is 0. The highest BCUT2D eigenvalue weighted by atomic mass is 15.2. The topological polar surface area (TPSA) is 38.0 Å². The van der Waals surface area contributed by atoms with Gasteiger partial charge in [0.05, 0.1) is 0 Å². The van der Waals surface area contributed by atoms with Gasteiger partial charge in [-0.2, -0.15) is 0 Å². The van der Waals surface area contributed by atoms with Gasteiger partial charge in [0.15, 0.2) is 0 Å². The molecule has 0 aromatic carbocycles. The summed E-state index contributed by atoms with van der Waals surface area (Å²) < 4.78 is 0. The highest BCUT2D eigenvalue weighted by molar-refractivity contribution is 4.79. The zero-order valence-electron chi connectivity index (χ0n) is 8.34. The minimum Gasteiger partial charge on any atom is -0.271 e. The van der Waals surface area contributed by atoms with Crippen molar-refractivity contribution in [2.45, 2.75) is 52.0 Å². The molecule has 1 aliphatic carbocycles. The molecule has 0 bridgehead atoms. The van der Waals surface area contributed by atoms with E-state index < -0.39 is 0 Å². The molecule has 0 heterocycles. The van der Waals surface area contributed by atoms with Gasteiger partial charge in [-0.15, -0.1) is 0 Å². The van der Waals surface area contributed by atoms with Crippen molar-refractivity contribution in [3.05, 3.63) is 0 Å². The number of hydrogen-bond acceptors (Lipinski definition) is 2. The van der Waals surface area contributed by atoms with E-state index in [2.05, 4.69) is 19.3 Å². The molecule has 2 unspecified atom stereocenters. The smallest absolute Gasteiger partial charge is 0.0208 e. The van der Waals surface area contributed by atoms with Crippen LogP contribution in [0.4, 0.5) is 0 Å². The van der Waals surface area contributed by atoms with E-state index in [1.54, 1.807) is 0 Å². The van der Waals surface area contributed by atoms with E-state index in [1.165, 1.54) is 25.7 Å². The molecule has 12 heavy (non-hydrogen) atoms. The van der Waals surface area contributed by atoms with Crippen LogP contribution in [-0.2, 0) is 0 Å². The molecule has 1 rings (SSSR count). The van der Waals surface area contributed by atoms with E-state index in [1.807, 2.05) is 0 Å². The summed E-state index contributed by atoms with van der Waals surface area (Å²) in [4.78, 5) is 0. The van der Waals surface area contributed by atoms with Crippen molar-refractivity contribution in [2.24, 2.45) is 17.7 Å². The molecule has 0 spiro atoms. The number of hydrogen-bond donors (Lipinski definition) is 2. The predicted octanol–water partition coefficient (Wildman–Crippen LogP) is 2.05. The number of hydrazine groups is 1. The lowest BCUT2D eigenvalue weighted by atomic mass is 9.97. The van der Waals surface area contributed by atoms with Crippen molar-refractivity contribution in [2.75, 3.05) is 0 Å². The second-order valence-corrected chi connectivity index (χ2v) is 4.16. The minimum absolute atomic E-state index is 0.534. The van der Waals surface area contributed by atoms with Crippen molar-refractivity contribution in [1.82, 2.24) is 5.43 Å². The fourth-order valence-corrected chi connectivity index (χ4v) is 1.77. The lowest BCUT2D eigenvalue weighted by molar-refractivity contribution is 0.388. The Morgan fingerprint density at radius 2 is 2.08 bits per heavy atom. The second-order valence-electron chi connectivity index (χ2n) is 4.16. The van der Waals surface area contributed by atoms with Crippen LogP contribution in [0, 0.1) is 11.8 Å². The van der Waals surface area contributed by atoms with E-state index in [9.17, 15) is 0 Å². The SMILES string of the molecule is CCC(CCC(C)C1CC1)NN. The molecule has 2 nitrogen and oxygen atoms in total. The maximum Gasteiger partial charge on any atom is 0.0208 e. The third-order valence-electron chi connectivity index (χ3n) is 3.13. The quantitative estimate of drug-likeness (QED) is 0.473. The Balaban J connectivity index is 2.05. The standard InChI is InChI=1S/C10H22N2/c1-3-10(12-11)7-4-8(2)9-5-6-9/h8-10,12H,3-7,11H2,1-2H3. The molecule has 72 valence electrons. The number of nitrogens with two attached hydrogens (primary N) is 1. The van der Waals surface area contributed by atoms with Crippen LogP contribution in [0.1, 0.15) is 46.0 Å². The third kappa shape index (κ3) is 3.11. The van der Waals surface area contributed by atoms with Crippen molar-refractivity contribution < 1.29 is 0 Å². The van der Waals surface area contributed by atoms with Crippen molar-refractivity contribution in [3.8, 4) is 0 Å². The second kappa shape index (κ2) is 4.83. The zero-order chi connectivity index (χ0) is 8.97. The molecule has 0 aromatic rings. The third-order valence-corrected chi connectivity index (χ3v) is 3.13. The maximum atomic E-state index is 5.41. The van der Waals surface area contributed by atoms with Gasteiger partial charge in [-0.1, -0.05) is 13.8 Å². The van der Waals surface area contributed by atoms with Gasteiger partial charge >= 0.3 is 0 Å². The van der Waals surface area contributed by atoms with Crippen LogP contribution in [0.25, 0.3) is 0 Å². The minimum atomic E-state index is 0.534. The van der Waals surface area contributed by atoms with Crippen LogP contribution in [0.3, 0.4) is 0 Å². The Morgan fingerprint density at radius 3 is 2.50 bits per heavy atom. The van der Waals surface area contributed by atoms with Crippen LogP contribution in [0.2, 0.25) is 0 Å². The van der Waals surface area contributed by atoms with Crippen LogP contribution in [0.5, 0.6) is 0 Å². The molecule has 0 aliphatic heterocycles. The van der Waals surface area contributed by atoms with Gasteiger partial charge in [0, 0.05) is 6.04 Å². The summed E-state index contributed by atoms with van der Waals surface area (Å²) in [6.45, 7) is 4.56. The first-order valence-corrected chi connectivity index (χ1v) is 5.24. The molecular weight excluding hydrogens is 148 g/mol. The van der Waals surface area contributed by atoms with Crippen molar-refractivity contribution >= 4 is 0 Å². The van der Waals surface area contributed by atoms with Crippen LogP contribution < -0.4 is 11.3 Å². The van der Waals surface area contributed by atoms with E-state index in [-0.39, 0.29) is 0 Å². The van der Waals surface area contributed by atoms with Gasteiger partial charge in [0.2, 0.25) is 0 Å². The molecule has 2 atom stereocenters. The summed E-state index contributed by atoms with van der Waals surface area (Å²) in [7, 11) is 0. The van der Waals surface area contributed by atoms with Gasteiger partial charge in [0.1, 0.15) is 0 Å². The van der Waals surface area contributed by atoms with Gasteiger partial charge in [-0.05, 0) is 43.9 Å². The Labute approximate surface area is 75.9 Å². The molecule has 0 saturated heterocycles. The monoisotopic (exact) mass is 170 g/mol. The molecule has 1 aliphatic rings. The highest BCUT2D eigenvalue weighted by Crippen LogP contribution is 2.38. The van der Waals surface area contributed by atoms with Gasteiger partial charge in [-0.25, -0.2) is 0 Å². The Bertz CT molecular complexity index is 115. The summed E-state index contributed by atoms with van der Waals surface area (Å²) in [6, 6.07) is 0.534. The molecular formula is C10H22N2. The first-order chi connectivity index (χ1) is 5.77.